The van der Waals surface area contributed by atoms with Crippen LogP contribution in [0.4, 0.5) is 0 Å². The van der Waals surface area contributed by atoms with E-state index in [-0.39, 0.29) is 29.4 Å². The Balaban J connectivity index is 1.71. The van der Waals surface area contributed by atoms with E-state index in [9.17, 15) is 9.59 Å². The summed E-state index contributed by atoms with van der Waals surface area (Å²) in [5.74, 6) is 0.716. The number of carbonyl (C=O) groups is 1. The summed E-state index contributed by atoms with van der Waals surface area (Å²) in [6.45, 7) is 6.96. The first-order chi connectivity index (χ1) is 10.9. The number of rotatable bonds is 3. The molecule has 2 aromatic heterocycles. The van der Waals surface area contributed by atoms with Crippen molar-refractivity contribution >= 4 is 23.4 Å². The minimum Gasteiger partial charge on any atom is -0.372 e. The predicted molar refractivity (Wildman–Crippen MR) is 85.7 cm³/mol. The summed E-state index contributed by atoms with van der Waals surface area (Å²) in [7, 11) is 0. The molecule has 0 aliphatic carbocycles. The Morgan fingerprint density at radius 3 is 2.78 bits per heavy atom. The maximum atomic E-state index is 12.4. The molecule has 2 aromatic rings. The van der Waals surface area contributed by atoms with Crippen LogP contribution in [0.5, 0.6) is 0 Å². The number of aromatic nitrogens is 4. The summed E-state index contributed by atoms with van der Waals surface area (Å²) in [6, 6.07) is 1.48. The number of hydrogen-bond acceptors (Lipinski definition) is 6. The molecule has 0 unspecified atom stereocenters. The first-order valence-corrected chi connectivity index (χ1v) is 8.43. The number of thioether (sulfide) groups is 1. The second-order valence-electron chi connectivity index (χ2n) is 5.76. The van der Waals surface area contributed by atoms with Gasteiger partial charge in [-0.15, -0.1) is 10.2 Å². The van der Waals surface area contributed by atoms with Crippen LogP contribution >= 0.6 is 11.8 Å². The molecule has 3 heterocycles. The molecule has 124 valence electrons. The third kappa shape index (κ3) is 3.40. The van der Waals surface area contributed by atoms with Crippen LogP contribution in [0.25, 0.3) is 5.78 Å². The number of H-pyrrole nitrogens is 1. The highest BCUT2D eigenvalue weighted by molar-refractivity contribution is 7.99. The number of nitrogens with one attached hydrogen (secondary N) is 1. The second-order valence-corrected chi connectivity index (χ2v) is 6.70. The molecule has 0 saturated carbocycles. The standard InChI is InChI=1S/C14H19N5O3S/c1-8-4-11(20)15-13-16-17-14(19(8)13)23-7-12(21)18-5-9(2)22-10(3)6-18/h4,9-10H,5-7H2,1-3H3,(H,15,16,20)/t9-,10-/m0/s1. The Morgan fingerprint density at radius 2 is 2.09 bits per heavy atom. The van der Waals surface area contributed by atoms with Crippen LogP contribution in [-0.4, -0.2) is 61.4 Å². The van der Waals surface area contributed by atoms with Crippen LogP contribution in [0.1, 0.15) is 19.5 Å². The fourth-order valence-electron chi connectivity index (χ4n) is 2.76. The number of ether oxygens (including phenoxy) is 1. The molecule has 23 heavy (non-hydrogen) atoms. The monoisotopic (exact) mass is 337 g/mol. The van der Waals surface area contributed by atoms with Crippen LogP contribution in [0, 0.1) is 6.92 Å². The Morgan fingerprint density at radius 1 is 1.39 bits per heavy atom. The number of fused-ring (bicyclic) bond motifs is 1. The average Bonchev–Trinajstić information content (AvgIpc) is 2.86. The quantitative estimate of drug-likeness (QED) is 0.818. The van der Waals surface area contributed by atoms with Crippen molar-refractivity contribution in [2.24, 2.45) is 0 Å². The van der Waals surface area contributed by atoms with Gasteiger partial charge in [0.15, 0.2) is 5.16 Å². The van der Waals surface area contributed by atoms with Gasteiger partial charge in [0.1, 0.15) is 0 Å². The number of hydrogen-bond donors (Lipinski definition) is 1. The lowest BCUT2D eigenvalue weighted by Crippen LogP contribution is -2.48. The van der Waals surface area contributed by atoms with E-state index in [4.69, 9.17) is 4.74 Å². The van der Waals surface area contributed by atoms with Crippen LogP contribution in [0.3, 0.4) is 0 Å². The molecule has 1 amide bonds. The highest BCUT2D eigenvalue weighted by atomic mass is 32.2. The van der Waals surface area contributed by atoms with Crippen molar-refractivity contribution < 1.29 is 9.53 Å². The van der Waals surface area contributed by atoms with Crippen LogP contribution < -0.4 is 5.56 Å². The smallest absolute Gasteiger partial charge is 0.252 e. The van der Waals surface area contributed by atoms with Gasteiger partial charge in [-0.3, -0.25) is 19.0 Å². The zero-order valence-corrected chi connectivity index (χ0v) is 14.1. The van der Waals surface area contributed by atoms with E-state index in [0.717, 1.165) is 5.69 Å². The summed E-state index contributed by atoms with van der Waals surface area (Å²) >= 11 is 1.32. The third-order valence-electron chi connectivity index (χ3n) is 3.66. The molecule has 1 fully saturated rings. The molecular formula is C14H19N5O3S. The van der Waals surface area contributed by atoms with E-state index in [1.165, 1.54) is 17.8 Å². The van der Waals surface area contributed by atoms with Gasteiger partial charge in [0.25, 0.3) is 5.56 Å². The molecule has 0 spiro atoms. The first kappa shape index (κ1) is 16.0. The van der Waals surface area contributed by atoms with Crippen LogP contribution in [-0.2, 0) is 9.53 Å². The van der Waals surface area contributed by atoms with Gasteiger partial charge in [0.2, 0.25) is 11.7 Å². The highest BCUT2D eigenvalue weighted by Gasteiger charge is 2.26. The molecular weight excluding hydrogens is 318 g/mol. The molecule has 3 rings (SSSR count). The minimum absolute atomic E-state index is 0.0499. The molecule has 1 aliphatic heterocycles. The van der Waals surface area contributed by atoms with Crippen molar-refractivity contribution in [3.63, 3.8) is 0 Å². The molecule has 1 aliphatic rings. The molecule has 1 N–H and O–H groups in total. The van der Waals surface area contributed by atoms with Gasteiger partial charge in [-0.25, -0.2) is 0 Å². The van der Waals surface area contributed by atoms with E-state index in [1.807, 2.05) is 25.7 Å². The lowest BCUT2D eigenvalue weighted by molar-refractivity contribution is -0.140. The fourth-order valence-corrected chi connectivity index (χ4v) is 3.66. The SMILES string of the molecule is Cc1cc(=O)[nH]c2nnc(SCC(=O)N3C[C@H](C)O[C@@H](C)C3)n12. The highest BCUT2D eigenvalue weighted by Crippen LogP contribution is 2.19. The Labute approximate surface area is 137 Å². The topological polar surface area (TPSA) is 92.6 Å². The normalized spacial score (nSPS) is 21.8. The lowest BCUT2D eigenvalue weighted by Gasteiger charge is -2.35. The maximum Gasteiger partial charge on any atom is 0.252 e. The van der Waals surface area contributed by atoms with Crippen molar-refractivity contribution in [1.82, 2.24) is 24.5 Å². The van der Waals surface area contributed by atoms with Gasteiger partial charge >= 0.3 is 0 Å². The van der Waals surface area contributed by atoms with Gasteiger partial charge in [0, 0.05) is 24.8 Å². The van der Waals surface area contributed by atoms with Crippen molar-refractivity contribution in [3.05, 3.63) is 22.1 Å². The van der Waals surface area contributed by atoms with Crippen LogP contribution in [0.2, 0.25) is 0 Å². The number of aromatic amines is 1. The summed E-state index contributed by atoms with van der Waals surface area (Å²) in [5, 5.41) is 8.60. The maximum absolute atomic E-state index is 12.4. The zero-order chi connectivity index (χ0) is 16.6. The summed E-state index contributed by atoms with van der Waals surface area (Å²) in [6.07, 6.45) is 0.0999. The average molecular weight is 337 g/mol. The third-order valence-corrected chi connectivity index (χ3v) is 4.57. The molecule has 2 atom stereocenters. The molecule has 0 aromatic carbocycles. The Hall–Kier alpha value is -1.87. The van der Waals surface area contributed by atoms with E-state index >= 15 is 0 Å². The number of nitrogens with zero attached hydrogens (tertiary/aromatic N) is 4. The number of morpholine rings is 1. The Kier molecular flexibility index (Phi) is 4.40. The number of carbonyl (C=O) groups excluding carboxylic acids is 1. The van der Waals surface area contributed by atoms with E-state index in [1.54, 1.807) is 4.40 Å². The summed E-state index contributed by atoms with van der Waals surface area (Å²) in [4.78, 5) is 28.3. The molecule has 0 bridgehead atoms. The van der Waals surface area contributed by atoms with Gasteiger partial charge in [0.05, 0.1) is 18.0 Å². The first-order valence-electron chi connectivity index (χ1n) is 7.45. The molecule has 1 saturated heterocycles. The minimum atomic E-state index is -0.216. The molecule has 9 heteroatoms. The number of aryl methyl sites for hydroxylation is 1. The predicted octanol–water partition coefficient (Wildman–Crippen LogP) is 0.454. The Bertz CT molecular complexity index is 776. The second kappa shape index (κ2) is 6.32. The largest absolute Gasteiger partial charge is 0.372 e. The van der Waals surface area contributed by atoms with Crippen LogP contribution in [0.15, 0.2) is 16.0 Å². The van der Waals surface area contributed by atoms with E-state index < -0.39 is 0 Å². The van der Waals surface area contributed by atoms with Gasteiger partial charge in [-0.2, -0.15) is 0 Å². The van der Waals surface area contributed by atoms with Gasteiger partial charge in [-0.1, -0.05) is 11.8 Å². The summed E-state index contributed by atoms with van der Waals surface area (Å²) < 4.78 is 7.38. The van der Waals surface area contributed by atoms with Gasteiger partial charge < -0.3 is 9.64 Å². The zero-order valence-electron chi connectivity index (χ0n) is 13.3. The van der Waals surface area contributed by atoms with Crippen molar-refractivity contribution in [2.45, 2.75) is 38.1 Å². The van der Waals surface area contributed by atoms with Gasteiger partial charge in [-0.05, 0) is 20.8 Å². The fraction of sp³-hybridized carbons (Fsp3) is 0.571. The number of amides is 1. The van der Waals surface area contributed by atoms with Crippen molar-refractivity contribution in [1.29, 1.82) is 0 Å². The van der Waals surface area contributed by atoms with E-state index in [0.29, 0.717) is 24.0 Å². The van der Waals surface area contributed by atoms with Crippen molar-refractivity contribution in [3.8, 4) is 0 Å². The molecule has 8 nitrogen and oxygen atoms in total. The molecule has 0 radical (unpaired) electrons. The summed E-state index contributed by atoms with van der Waals surface area (Å²) in [5.41, 5.74) is 0.517. The van der Waals surface area contributed by atoms with E-state index in [2.05, 4.69) is 15.2 Å². The lowest BCUT2D eigenvalue weighted by atomic mass is 10.2. The van der Waals surface area contributed by atoms with Crippen molar-refractivity contribution in [2.75, 3.05) is 18.8 Å².